The number of aromatic nitrogens is 6. The molecule has 6 nitrogen and oxygen atoms in total. The van der Waals surface area contributed by atoms with Crippen LogP contribution in [0.1, 0.15) is 0 Å². The Morgan fingerprint density at radius 1 is 0.0833 bits per heavy atom. The molecule has 0 saturated heterocycles. The van der Waals surface area contributed by atoms with E-state index in [1.807, 2.05) is 0 Å². The molecule has 0 unspecified atom stereocenters. The lowest BCUT2D eigenvalue weighted by atomic mass is 9.99. The molecule has 0 saturated carbocycles. The molecule has 6 aromatic heterocycles. The van der Waals surface area contributed by atoms with E-state index in [9.17, 15) is 0 Å². The van der Waals surface area contributed by atoms with Crippen molar-refractivity contribution in [3.05, 3.63) is 546 Å². The van der Waals surface area contributed by atoms with Crippen LogP contribution in [0.5, 0.6) is 0 Å². The number of hydrogen-bond acceptors (Lipinski definition) is 0. The summed E-state index contributed by atoms with van der Waals surface area (Å²) in [5.41, 5.74) is 36.2. The first-order chi connectivity index (χ1) is 71.4. The minimum Gasteiger partial charge on any atom is -0.309 e. The maximum atomic E-state index is 2.42. The van der Waals surface area contributed by atoms with E-state index >= 15 is 0 Å². The molecular formula is C138H90N6. The van der Waals surface area contributed by atoms with Crippen LogP contribution in [0.4, 0.5) is 0 Å². The van der Waals surface area contributed by atoms with Crippen LogP contribution >= 0.6 is 0 Å². The number of fused-ring (bicyclic) bond motifs is 22. The van der Waals surface area contributed by atoms with E-state index in [4.69, 9.17) is 0 Å². The fourth-order valence-electron chi connectivity index (χ4n) is 22.9. The summed E-state index contributed by atoms with van der Waals surface area (Å²) in [4.78, 5) is 0. The number of para-hydroxylation sites is 8. The van der Waals surface area contributed by atoms with Gasteiger partial charge in [-0.3, -0.25) is 0 Å². The summed E-state index contributed by atoms with van der Waals surface area (Å²) >= 11 is 0. The smallest absolute Gasteiger partial charge is 0.0541 e. The fraction of sp³-hybridized carbons (Fsp3) is 0. The quantitative estimate of drug-likeness (QED) is 0.109. The van der Waals surface area contributed by atoms with Gasteiger partial charge in [0.2, 0.25) is 0 Å². The predicted molar refractivity (Wildman–Crippen MR) is 610 cm³/mol. The molecule has 30 aromatic rings. The van der Waals surface area contributed by atoms with Crippen molar-refractivity contribution >= 4 is 163 Å². The number of nitrogens with zero attached hydrogens (tertiary/aromatic N) is 6. The van der Waals surface area contributed by atoms with Gasteiger partial charge in [-0.2, -0.15) is 0 Å². The van der Waals surface area contributed by atoms with Crippen LogP contribution in [-0.2, 0) is 0 Å². The molecule has 24 aromatic carbocycles. The van der Waals surface area contributed by atoms with Gasteiger partial charge in [-0.25, -0.2) is 0 Å². The maximum Gasteiger partial charge on any atom is 0.0541 e. The normalized spacial score (nSPS) is 11.8. The molecule has 30 rings (SSSR count). The molecule has 144 heavy (non-hydrogen) atoms. The topological polar surface area (TPSA) is 29.6 Å². The van der Waals surface area contributed by atoms with Crippen molar-refractivity contribution in [2.24, 2.45) is 0 Å². The van der Waals surface area contributed by atoms with Crippen LogP contribution in [-0.4, -0.2) is 27.4 Å². The van der Waals surface area contributed by atoms with E-state index in [0.29, 0.717) is 0 Å². The lowest BCUT2D eigenvalue weighted by molar-refractivity contribution is 1.18. The van der Waals surface area contributed by atoms with E-state index < -0.39 is 0 Å². The second kappa shape index (κ2) is 34.5. The first kappa shape index (κ1) is 83.1. The third-order valence-electron chi connectivity index (χ3n) is 29.7. The maximum absolute atomic E-state index is 2.42. The summed E-state index contributed by atoms with van der Waals surface area (Å²) < 4.78 is 14.3. The third kappa shape index (κ3) is 14.1. The second-order valence-electron chi connectivity index (χ2n) is 37.8. The zero-order chi connectivity index (χ0) is 94.8. The van der Waals surface area contributed by atoms with Gasteiger partial charge >= 0.3 is 0 Å². The molecule has 0 spiro atoms. The molecule has 672 valence electrons. The molecular weight excluding hydrogens is 1740 g/mol. The Labute approximate surface area is 831 Å². The van der Waals surface area contributed by atoms with Crippen molar-refractivity contribution < 1.29 is 0 Å². The van der Waals surface area contributed by atoms with Crippen molar-refractivity contribution in [1.82, 2.24) is 27.4 Å². The average molecular weight is 1830 g/mol. The SMILES string of the molecule is c1ccc(-c2ccc(-n3c4ccc(-c5ccccc5)cc4c4cc(-c5ccc6c(c5)c5ccccc5n6-c5ccccc5)ccc43)cc2)cc1.c1ccc(-n2c3ccccc3c3cc(-c4ccc5c(c4)c4ccccc4n5-c4ccc(-c5ccc6ccccc6c5)cc4)ccc32)cc1.c1ccc(-n2c3ccccc3c3cc(-c4ccc5c(c4)c4ccccc4n5-c4ccc5c(ccc6ccccc65)c4)ccc32)cc1. The Kier molecular flexibility index (Phi) is 19.9. The van der Waals surface area contributed by atoms with Crippen LogP contribution in [0.25, 0.3) is 264 Å². The van der Waals surface area contributed by atoms with Crippen LogP contribution < -0.4 is 0 Å². The Balaban J connectivity index is 0.000000105. The zero-order valence-electron chi connectivity index (χ0n) is 78.6. The summed E-state index contributed by atoms with van der Waals surface area (Å²) in [6.45, 7) is 0. The monoisotopic (exact) mass is 1830 g/mol. The van der Waals surface area contributed by atoms with Crippen LogP contribution in [0, 0.1) is 0 Å². The molecule has 0 radical (unpaired) electrons. The number of rotatable bonds is 12. The highest BCUT2D eigenvalue weighted by atomic mass is 15.0. The van der Waals surface area contributed by atoms with Crippen LogP contribution in [0.3, 0.4) is 0 Å². The van der Waals surface area contributed by atoms with Gasteiger partial charge in [-0.05, 0) is 293 Å². The second-order valence-corrected chi connectivity index (χ2v) is 37.8. The van der Waals surface area contributed by atoms with E-state index in [2.05, 4.69) is 573 Å². The largest absolute Gasteiger partial charge is 0.309 e. The molecule has 6 heterocycles. The van der Waals surface area contributed by atoms with Crippen molar-refractivity contribution in [2.75, 3.05) is 0 Å². The van der Waals surface area contributed by atoms with E-state index in [1.165, 1.54) is 253 Å². The highest BCUT2D eigenvalue weighted by Gasteiger charge is 2.24. The molecule has 0 amide bonds. The lowest BCUT2D eigenvalue weighted by Crippen LogP contribution is -1.94. The molecule has 6 heteroatoms. The molecule has 0 atom stereocenters. The number of benzene rings is 24. The first-order valence-corrected chi connectivity index (χ1v) is 49.6. The number of hydrogen-bond donors (Lipinski definition) is 0. The Hall–Kier alpha value is -19.1. The molecule has 0 N–H and O–H groups in total. The minimum absolute atomic E-state index is 1.15. The van der Waals surface area contributed by atoms with Gasteiger partial charge in [0.1, 0.15) is 0 Å². The zero-order valence-corrected chi connectivity index (χ0v) is 78.6. The van der Waals surface area contributed by atoms with E-state index in [-0.39, 0.29) is 0 Å². The van der Waals surface area contributed by atoms with Gasteiger partial charge in [0.25, 0.3) is 0 Å². The molecule has 0 fully saturated rings. The molecule has 0 bridgehead atoms. The van der Waals surface area contributed by atoms with Gasteiger partial charge in [0.05, 0.1) is 66.2 Å². The standard InChI is InChI=1S/C48H32N2.C46H30N2.C44H28N2/c1-4-12-33(13-5-1)35-20-25-40(26-21-35)50-47-27-22-36(34-14-6-2-7-15-34)30-43(47)44-32-38(24-29-48(44)50)37-23-28-46-42(31-37)41-18-10-11-19-45(41)49(46)39-16-8-3-9-17-39;1-2-12-37(13-3-1)47-43-16-8-6-14-39(43)41-29-35(22-26-45(41)47)36-23-27-46-42(30-36)40-15-7-9-17-44(40)48(46)38-24-20-32(21-25-38)34-19-18-31-10-4-5-11-33(31)28-34;1-2-11-33(12-3-1)45-41-16-8-6-14-37(41)39-27-30(20-24-43(39)45)31-21-25-44-40(28-31)38-15-7-9-17-42(38)46(44)34-22-23-36-32(26-34)19-18-29-10-4-5-13-35(29)36/h1-32H;1-30H;1-28H. The van der Waals surface area contributed by atoms with Gasteiger partial charge < -0.3 is 27.4 Å². The third-order valence-corrected chi connectivity index (χ3v) is 29.7. The summed E-state index contributed by atoms with van der Waals surface area (Å²) in [5.74, 6) is 0. The Morgan fingerprint density at radius 3 is 0.625 bits per heavy atom. The Morgan fingerprint density at radius 2 is 0.278 bits per heavy atom. The van der Waals surface area contributed by atoms with Crippen molar-refractivity contribution in [1.29, 1.82) is 0 Å². The van der Waals surface area contributed by atoms with Gasteiger partial charge in [0, 0.05) is 98.8 Å². The average Bonchev–Trinajstić information content (AvgIpc) is 1.59. The highest BCUT2D eigenvalue weighted by molar-refractivity contribution is 6.18. The van der Waals surface area contributed by atoms with Gasteiger partial charge in [0.15, 0.2) is 0 Å². The summed E-state index contributed by atoms with van der Waals surface area (Å²) in [7, 11) is 0. The van der Waals surface area contributed by atoms with Gasteiger partial charge in [-0.15, -0.1) is 0 Å². The predicted octanol–water partition coefficient (Wildman–Crippen LogP) is 37.1. The fourth-order valence-corrected chi connectivity index (χ4v) is 22.9. The van der Waals surface area contributed by atoms with Gasteiger partial charge in [-0.1, -0.05) is 352 Å². The van der Waals surface area contributed by atoms with Crippen LogP contribution in [0.2, 0.25) is 0 Å². The van der Waals surface area contributed by atoms with E-state index in [1.54, 1.807) is 0 Å². The molecule has 0 aliphatic rings. The molecule has 0 aliphatic carbocycles. The Bertz CT molecular complexity index is 10300. The minimum atomic E-state index is 1.15. The van der Waals surface area contributed by atoms with E-state index in [0.717, 1.165) is 11.4 Å². The van der Waals surface area contributed by atoms with Crippen molar-refractivity contribution in [2.45, 2.75) is 0 Å². The highest BCUT2D eigenvalue weighted by Crippen LogP contribution is 2.46. The lowest BCUT2D eigenvalue weighted by Gasteiger charge is -2.11. The first-order valence-electron chi connectivity index (χ1n) is 49.6. The summed E-state index contributed by atoms with van der Waals surface area (Å²) in [6, 6.07) is 199. The van der Waals surface area contributed by atoms with Crippen LogP contribution in [0.15, 0.2) is 546 Å². The van der Waals surface area contributed by atoms with Crippen molar-refractivity contribution in [3.8, 4) is 101 Å². The summed E-state index contributed by atoms with van der Waals surface area (Å²) in [5, 5.41) is 22.8. The van der Waals surface area contributed by atoms with Crippen molar-refractivity contribution in [3.63, 3.8) is 0 Å². The molecule has 0 aliphatic heterocycles. The summed E-state index contributed by atoms with van der Waals surface area (Å²) in [6.07, 6.45) is 0.